The Morgan fingerprint density at radius 1 is 1.09 bits per heavy atom. The summed E-state index contributed by atoms with van der Waals surface area (Å²) < 4.78 is 17.6. The van der Waals surface area contributed by atoms with Crippen molar-refractivity contribution in [3.8, 4) is 11.5 Å². The molecule has 33 heavy (non-hydrogen) atoms. The van der Waals surface area contributed by atoms with E-state index in [1.807, 2.05) is 6.07 Å². The van der Waals surface area contributed by atoms with Crippen LogP contribution in [0.5, 0.6) is 11.5 Å². The molecule has 0 amide bonds. The van der Waals surface area contributed by atoms with Crippen LogP contribution in [0.15, 0.2) is 47.0 Å². The minimum Gasteiger partial charge on any atom is -0.493 e. The predicted molar refractivity (Wildman–Crippen MR) is 129 cm³/mol. The van der Waals surface area contributed by atoms with E-state index in [-0.39, 0.29) is 5.95 Å². The van der Waals surface area contributed by atoms with Crippen LogP contribution in [0.3, 0.4) is 0 Å². The molecule has 1 aliphatic heterocycles. The Morgan fingerprint density at radius 2 is 1.94 bits per heavy atom. The number of hydrogen-bond acceptors (Lipinski definition) is 8. The highest BCUT2D eigenvalue weighted by molar-refractivity contribution is 5.90. The van der Waals surface area contributed by atoms with E-state index in [2.05, 4.69) is 45.2 Å². The highest BCUT2D eigenvalue weighted by Crippen LogP contribution is 2.41. The number of methoxy groups -OCH3 is 2. The van der Waals surface area contributed by atoms with E-state index >= 15 is 0 Å². The number of furan rings is 1. The van der Waals surface area contributed by atoms with Gasteiger partial charge in [-0.2, -0.15) is 4.98 Å². The standard InChI is InChI=1S/C25H27N5O3/c1-31-21-11-16(10-17-13-28-25(27)29-24(17)26)19-12-18(33-22(19)23(21)32-2)14-30-9-5-7-15-6-3-4-8-20(15)30/h3-4,6,8,11-13H,5,7,9-10,14H2,1-2H3,(H4,26,27,28,29). The van der Waals surface area contributed by atoms with Crippen molar-refractivity contribution >= 4 is 28.4 Å². The van der Waals surface area contributed by atoms with Crippen LogP contribution in [0.1, 0.15) is 28.9 Å². The number of hydrogen-bond donors (Lipinski definition) is 2. The van der Waals surface area contributed by atoms with Gasteiger partial charge < -0.3 is 30.3 Å². The van der Waals surface area contributed by atoms with Crippen molar-refractivity contribution in [3.63, 3.8) is 0 Å². The second-order valence-corrected chi connectivity index (χ2v) is 8.20. The molecule has 4 N–H and O–H groups in total. The summed E-state index contributed by atoms with van der Waals surface area (Å²) in [6.45, 7) is 1.66. The first-order valence-corrected chi connectivity index (χ1v) is 10.9. The molecule has 0 atom stereocenters. The Hall–Kier alpha value is -3.94. The number of nitrogen functional groups attached to an aromatic ring is 2. The van der Waals surface area contributed by atoms with E-state index in [0.29, 0.717) is 35.9 Å². The van der Waals surface area contributed by atoms with E-state index in [1.54, 1.807) is 20.4 Å². The molecule has 0 saturated heterocycles. The monoisotopic (exact) mass is 445 g/mol. The SMILES string of the molecule is COc1cc(Cc2cnc(N)nc2N)c2cc(CN3CCCc4ccccc43)oc2c1OC. The van der Waals surface area contributed by atoms with Crippen molar-refractivity contribution in [3.05, 3.63) is 65.0 Å². The Labute approximate surface area is 192 Å². The number of para-hydroxylation sites is 1. The van der Waals surface area contributed by atoms with Crippen LogP contribution in [-0.2, 0) is 19.4 Å². The quantitative estimate of drug-likeness (QED) is 0.459. The third-order valence-electron chi connectivity index (χ3n) is 6.14. The van der Waals surface area contributed by atoms with Gasteiger partial charge in [-0.3, -0.25) is 0 Å². The summed E-state index contributed by atoms with van der Waals surface area (Å²) in [7, 11) is 3.23. The molecule has 0 unspecified atom stereocenters. The molecule has 2 aromatic heterocycles. The average molecular weight is 446 g/mol. The van der Waals surface area contributed by atoms with Gasteiger partial charge in [0, 0.05) is 35.8 Å². The Bertz CT molecular complexity index is 1320. The van der Waals surface area contributed by atoms with Gasteiger partial charge >= 0.3 is 0 Å². The third-order valence-corrected chi connectivity index (χ3v) is 6.14. The van der Waals surface area contributed by atoms with Crippen molar-refractivity contribution < 1.29 is 13.9 Å². The molecule has 0 spiro atoms. The van der Waals surface area contributed by atoms with Gasteiger partial charge in [-0.05, 0) is 42.2 Å². The molecule has 170 valence electrons. The highest BCUT2D eigenvalue weighted by Gasteiger charge is 2.22. The van der Waals surface area contributed by atoms with Gasteiger partial charge in [-0.25, -0.2) is 4.98 Å². The summed E-state index contributed by atoms with van der Waals surface area (Å²) in [5.41, 5.74) is 16.8. The first-order chi connectivity index (χ1) is 16.1. The fourth-order valence-corrected chi connectivity index (χ4v) is 4.57. The van der Waals surface area contributed by atoms with Crippen LogP contribution < -0.4 is 25.8 Å². The summed E-state index contributed by atoms with van der Waals surface area (Å²) in [5.74, 6) is 2.54. The van der Waals surface area contributed by atoms with Gasteiger partial charge in [-0.1, -0.05) is 18.2 Å². The fourth-order valence-electron chi connectivity index (χ4n) is 4.57. The number of rotatable bonds is 6. The van der Waals surface area contributed by atoms with Crippen molar-refractivity contribution in [1.29, 1.82) is 0 Å². The third kappa shape index (κ3) is 3.88. The molecule has 0 saturated carbocycles. The summed E-state index contributed by atoms with van der Waals surface area (Å²) >= 11 is 0. The summed E-state index contributed by atoms with van der Waals surface area (Å²) in [6, 6.07) is 12.6. The minimum absolute atomic E-state index is 0.154. The van der Waals surface area contributed by atoms with Gasteiger partial charge in [0.05, 0.1) is 20.8 Å². The number of benzene rings is 2. The molecule has 4 aromatic rings. The van der Waals surface area contributed by atoms with Crippen LogP contribution in [-0.4, -0.2) is 30.7 Å². The summed E-state index contributed by atoms with van der Waals surface area (Å²) in [6.07, 6.45) is 4.39. The summed E-state index contributed by atoms with van der Waals surface area (Å²) in [4.78, 5) is 10.6. The number of fused-ring (bicyclic) bond motifs is 2. The Morgan fingerprint density at radius 3 is 2.73 bits per heavy atom. The van der Waals surface area contributed by atoms with Crippen molar-refractivity contribution in [2.45, 2.75) is 25.8 Å². The Kier molecular flexibility index (Phi) is 5.42. The second-order valence-electron chi connectivity index (χ2n) is 8.20. The van der Waals surface area contributed by atoms with Gasteiger partial charge in [0.1, 0.15) is 11.6 Å². The van der Waals surface area contributed by atoms with E-state index in [0.717, 1.165) is 41.7 Å². The Balaban J connectivity index is 1.56. The molecule has 8 heteroatoms. The number of anilines is 3. The van der Waals surface area contributed by atoms with E-state index < -0.39 is 0 Å². The van der Waals surface area contributed by atoms with Crippen LogP contribution in [0.2, 0.25) is 0 Å². The van der Waals surface area contributed by atoms with Gasteiger partial charge in [-0.15, -0.1) is 0 Å². The normalized spacial score (nSPS) is 13.2. The van der Waals surface area contributed by atoms with Crippen molar-refractivity contribution in [2.24, 2.45) is 0 Å². The highest BCUT2D eigenvalue weighted by atomic mass is 16.5. The first-order valence-electron chi connectivity index (χ1n) is 10.9. The zero-order chi connectivity index (χ0) is 22.9. The number of ether oxygens (including phenoxy) is 2. The molecule has 0 radical (unpaired) electrons. The maximum absolute atomic E-state index is 6.35. The van der Waals surface area contributed by atoms with Gasteiger partial charge in [0.15, 0.2) is 11.3 Å². The maximum atomic E-state index is 6.35. The van der Waals surface area contributed by atoms with Crippen LogP contribution in [0, 0.1) is 0 Å². The first kappa shape index (κ1) is 20.9. The number of aromatic nitrogens is 2. The minimum atomic E-state index is 0.154. The number of aryl methyl sites for hydroxylation is 1. The summed E-state index contributed by atoms with van der Waals surface area (Å²) in [5, 5.41) is 0.948. The zero-order valence-electron chi connectivity index (χ0n) is 18.8. The topological polar surface area (TPSA) is 113 Å². The van der Waals surface area contributed by atoms with Crippen LogP contribution >= 0.6 is 0 Å². The van der Waals surface area contributed by atoms with E-state index in [4.69, 9.17) is 25.4 Å². The zero-order valence-corrected chi connectivity index (χ0v) is 18.8. The molecule has 5 rings (SSSR count). The molecule has 0 aliphatic carbocycles. The van der Waals surface area contributed by atoms with Crippen LogP contribution in [0.25, 0.3) is 11.0 Å². The lowest BCUT2D eigenvalue weighted by molar-refractivity contribution is 0.352. The van der Waals surface area contributed by atoms with Crippen molar-refractivity contribution in [2.75, 3.05) is 37.1 Å². The predicted octanol–water partition coefficient (Wildman–Crippen LogP) is 3.95. The molecular formula is C25H27N5O3. The smallest absolute Gasteiger partial charge is 0.221 e. The fraction of sp³-hybridized carbons (Fsp3) is 0.280. The van der Waals surface area contributed by atoms with Gasteiger partial charge in [0.2, 0.25) is 11.7 Å². The number of nitrogens with two attached hydrogens (primary N) is 2. The maximum Gasteiger partial charge on any atom is 0.221 e. The molecule has 1 aliphatic rings. The molecule has 0 bridgehead atoms. The second kappa shape index (κ2) is 8.54. The molecular weight excluding hydrogens is 418 g/mol. The molecule has 0 fully saturated rings. The molecule has 3 heterocycles. The molecule has 2 aromatic carbocycles. The molecule has 8 nitrogen and oxygen atoms in total. The van der Waals surface area contributed by atoms with Crippen molar-refractivity contribution in [1.82, 2.24) is 9.97 Å². The lowest BCUT2D eigenvalue weighted by atomic mass is 10.0. The van der Waals surface area contributed by atoms with Crippen LogP contribution in [0.4, 0.5) is 17.5 Å². The van der Waals surface area contributed by atoms with E-state index in [9.17, 15) is 0 Å². The average Bonchev–Trinajstić information content (AvgIpc) is 3.24. The lowest BCUT2D eigenvalue weighted by Crippen LogP contribution is -2.28. The number of nitrogens with zero attached hydrogens (tertiary/aromatic N) is 3. The largest absolute Gasteiger partial charge is 0.493 e. The lowest BCUT2D eigenvalue weighted by Gasteiger charge is -2.30. The van der Waals surface area contributed by atoms with Gasteiger partial charge in [0.25, 0.3) is 0 Å². The van der Waals surface area contributed by atoms with E-state index in [1.165, 1.54) is 11.3 Å².